The minimum atomic E-state index is -1.05. The van der Waals surface area contributed by atoms with Gasteiger partial charge in [-0.3, -0.25) is 26.0 Å². The van der Waals surface area contributed by atoms with Crippen LogP contribution in [0.25, 0.3) is 0 Å². The number of carbonyl (C=O) groups excluding carboxylic acids is 1. The normalized spacial score (nSPS) is 11.2. The fraction of sp³-hybridized carbons (Fsp3) is 0.235. The standard InChI is InChI=1S/C17H18N4O8/c18-16(11-28-15-7-3-13(4-8-15)21(25)26)29-17(22)19-9-10-27-14-5-1-12(2-6-14)20(23)24/h1-8,16H,9-11,18H2,(H,19,22). The molecule has 1 amide bonds. The van der Waals surface area contributed by atoms with E-state index in [9.17, 15) is 25.0 Å². The van der Waals surface area contributed by atoms with Crippen molar-refractivity contribution in [3.8, 4) is 11.5 Å². The molecule has 154 valence electrons. The molecule has 0 heterocycles. The van der Waals surface area contributed by atoms with Crippen LogP contribution in [0.5, 0.6) is 11.5 Å². The number of ether oxygens (including phenoxy) is 3. The first-order valence-electron chi connectivity index (χ1n) is 8.29. The Morgan fingerprint density at radius 3 is 1.90 bits per heavy atom. The summed E-state index contributed by atoms with van der Waals surface area (Å²) in [6.45, 7) is 0.0811. The quantitative estimate of drug-likeness (QED) is 0.259. The molecular weight excluding hydrogens is 388 g/mol. The number of amides is 1. The largest absolute Gasteiger partial charge is 0.492 e. The Bertz CT molecular complexity index is 842. The topological polar surface area (TPSA) is 169 Å². The van der Waals surface area contributed by atoms with E-state index in [4.69, 9.17) is 19.9 Å². The Morgan fingerprint density at radius 2 is 1.41 bits per heavy atom. The van der Waals surface area contributed by atoms with Crippen LogP contribution < -0.4 is 20.5 Å². The molecule has 0 saturated carbocycles. The lowest BCUT2D eigenvalue weighted by molar-refractivity contribution is -0.385. The summed E-state index contributed by atoms with van der Waals surface area (Å²) >= 11 is 0. The monoisotopic (exact) mass is 406 g/mol. The first kappa shape index (κ1) is 21.4. The van der Waals surface area contributed by atoms with E-state index in [-0.39, 0.29) is 31.1 Å². The lowest BCUT2D eigenvalue weighted by atomic mass is 10.3. The molecule has 0 spiro atoms. The third-order valence-corrected chi connectivity index (χ3v) is 3.41. The lowest BCUT2D eigenvalue weighted by Crippen LogP contribution is -2.38. The van der Waals surface area contributed by atoms with E-state index in [0.717, 1.165) is 0 Å². The highest BCUT2D eigenvalue weighted by Crippen LogP contribution is 2.18. The van der Waals surface area contributed by atoms with Gasteiger partial charge in [0, 0.05) is 24.3 Å². The molecule has 0 aliphatic heterocycles. The van der Waals surface area contributed by atoms with Crippen molar-refractivity contribution in [3.05, 3.63) is 68.8 Å². The number of hydrogen-bond acceptors (Lipinski definition) is 9. The number of nitrogens with one attached hydrogen (secondary N) is 1. The van der Waals surface area contributed by atoms with Gasteiger partial charge in [-0.15, -0.1) is 0 Å². The zero-order valence-electron chi connectivity index (χ0n) is 15.1. The highest BCUT2D eigenvalue weighted by molar-refractivity contribution is 5.67. The first-order chi connectivity index (χ1) is 13.8. The Kier molecular flexibility index (Phi) is 7.68. The molecule has 2 aromatic carbocycles. The van der Waals surface area contributed by atoms with Crippen molar-refractivity contribution in [2.45, 2.75) is 6.23 Å². The summed E-state index contributed by atoms with van der Waals surface area (Å²) in [6, 6.07) is 10.9. The number of nitrogens with zero attached hydrogens (tertiary/aromatic N) is 2. The second-order valence-electron chi connectivity index (χ2n) is 5.53. The molecule has 1 atom stereocenters. The molecule has 0 saturated heterocycles. The third-order valence-electron chi connectivity index (χ3n) is 3.41. The fourth-order valence-electron chi connectivity index (χ4n) is 2.04. The maximum atomic E-state index is 11.6. The van der Waals surface area contributed by atoms with Crippen LogP contribution in [0.15, 0.2) is 48.5 Å². The van der Waals surface area contributed by atoms with Gasteiger partial charge in [0.2, 0.25) is 0 Å². The first-order valence-corrected chi connectivity index (χ1v) is 8.29. The predicted molar refractivity (Wildman–Crippen MR) is 99.6 cm³/mol. The van der Waals surface area contributed by atoms with Crippen LogP contribution in [-0.4, -0.2) is 41.9 Å². The van der Waals surface area contributed by atoms with Gasteiger partial charge in [0.1, 0.15) is 24.7 Å². The van der Waals surface area contributed by atoms with Gasteiger partial charge < -0.3 is 19.5 Å². The number of nitro groups is 2. The van der Waals surface area contributed by atoms with Gasteiger partial charge >= 0.3 is 6.09 Å². The maximum absolute atomic E-state index is 11.6. The van der Waals surface area contributed by atoms with E-state index < -0.39 is 22.2 Å². The van der Waals surface area contributed by atoms with Gasteiger partial charge in [-0.05, 0) is 24.3 Å². The van der Waals surface area contributed by atoms with E-state index in [1.165, 1.54) is 48.5 Å². The Hall–Kier alpha value is -3.93. The molecule has 2 rings (SSSR count). The molecule has 0 bridgehead atoms. The van der Waals surface area contributed by atoms with Gasteiger partial charge in [-0.2, -0.15) is 0 Å². The molecule has 1 unspecified atom stereocenters. The summed E-state index contributed by atoms with van der Waals surface area (Å²) in [5.74, 6) is 0.755. The van der Waals surface area contributed by atoms with Crippen LogP contribution in [0.3, 0.4) is 0 Å². The number of non-ortho nitro benzene ring substituents is 2. The SMILES string of the molecule is NC(COc1ccc([N+](=O)[O-])cc1)OC(=O)NCCOc1ccc([N+](=O)[O-])cc1. The van der Waals surface area contributed by atoms with Gasteiger partial charge in [0.15, 0.2) is 6.23 Å². The van der Waals surface area contributed by atoms with Crippen LogP contribution in [0.4, 0.5) is 16.2 Å². The second kappa shape index (κ2) is 10.4. The zero-order chi connectivity index (χ0) is 21.2. The molecule has 3 N–H and O–H groups in total. The lowest BCUT2D eigenvalue weighted by Gasteiger charge is -2.15. The average molecular weight is 406 g/mol. The van der Waals surface area contributed by atoms with E-state index >= 15 is 0 Å². The van der Waals surface area contributed by atoms with Crippen LogP contribution in [0, 0.1) is 20.2 Å². The molecule has 12 nitrogen and oxygen atoms in total. The van der Waals surface area contributed by atoms with Crippen LogP contribution in [-0.2, 0) is 4.74 Å². The summed E-state index contributed by atoms with van der Waals surface area (Å²) in [6.07, 6.45) is -1.84. The number of hydrogen-bond donors (Lipinski definition) is 2. The van der Waals surface area contributed by atoms with E-state index in [1.54, 1.807) is 0 Å². The van der Waals surface area contributed by atoms with Crippen LogP contribution in [0.2, 0.25) is 0 Å². The summed E-state index contributed by atoms with van der Waals surface area (Å²) in [5, 5.41) is 23.6. The number of benzene rings is 2. The highest BCUT2D eigenvalue weighted by Gasteiger charge is 2.11. The molecule has 0 aromatic heterocycles. The van der Waals surface area contributed by atoms with Gasteiger partial charge in [-0.25, -0.2) is 4.79 Å². The van der Waals surface area contributed by atoms with Crippen molar-refractivity contribution in [3.63, 3.8) is 0 Å². The number of carbonyl (C=O) groups is 1. The van der Waals surface area contributed by atoms with Crippen LogP contribution in [0.1, 0.15) is 0 Å². The van der Waals surface area contributed by atoms with Gasteiger partial charge in [0.25, 0.3) is 11.4 Å². The number of nitrogens with two attached hydrogens (primary N) is 1. The number of nitro benzene ring substituents is 2. The van der Waals surface area contributed by atoms with Crippen molar-refractivity contribution in [2.75, 3.05) is 19.8 Å². The third kappa shape index (κ3) is 7.30. The maximum Gasteiger partial charge on any atom is 0.408 e. The fourth-order valence-corrected chi connectivity index (χ4v) is 2.04. The Labute approximate surface area is 164 Å². The second-order valence-corrected chi connectivity index (χ2v) is 5.53. The van der Waals surface area contributed by atoms with Crippen molar-refractivity contribution in [1.29, 1.82) is 0 Å². The Balaban J connectivity index is 1.62. The summed E-state index contributed by atoms with van der Waals surface area (Å²) < 4.78 is 15.5. The van der Waals surface area contributed by atoms with Gasteiger partial charge in [0.05, 0.1) is 16.4 Å². The zero-order valence-corrected chi connectivity index (χ0v) is 15.1. The summed E-state index contributed by atoms with van der Waals surface area (Å²) in [5.41, 5.74) is 5.50. The van der Waals surface area contributed by atoms with Crippen LogP contribution >= 0.6 is 0 Å². The summed E-state index contributed by atoms with van der Waals surface area (Å²) in [7, 11) is 0. The molecule has 29 heavy (non-hydrogen) atoms. The predicted octanol–water partition coefficient (Wildman–Crippen LogP) is 1.97. The van der Waals surface area contributed by atoms with Crippen molar-refractivity contribution in [1.82, 2.24) is 5.32 Å². The molecule has 0 aliphatic rings. The van der Waals surface area contributed by atoms with Crippen molar-refractivity contribution < 1.29 is 28.9 Å². The minimum Gasteiger partial charge on any atom is -0.492 e. The highest BCUT2D eigenvalue weighted by atomic mass is 16.6. The summed E-state index contributed by atoms with van der Waals surface area (Å²) in [4.78, 5) is 31.7. The van der Waals surface area contributed by atoms with E-state index in [0.29, 0.717) is 11.5 Å². The molecule has 2 aromatic rings. The van der Waals surface area contributed by atoms with E-state index in [1.807, 2.05) is 0 Å². The van der Waals surface area contributed by atoms with Gasteiger partial charge in [-0.1, -0.05) is 0 Å². The molecule has 0 fully saturated rings. The van der Waals surface area contributed by atoms with E-state index in [2.05, 4.69) is 5.32 Å². The average Bonchev–Trinajstić information content (AvgIpc) is 2.70. The number of alkyl carbamates (subject to hydrolysis) is 1. The van der Waals surface area contributed by atoms with Crippen molar-refractivity contribution >= 4 is 17.5 Å². The number of rotatable bonds is 10. The Morgan fingerprint density at radius 1 is 0.931 bits per heavy atom. The molecular formula is C17H18N4O8. The minimum absolute atomic E-state index is 0.0519. The van der Waals surface area contributed by atoms with Crippen molar-refractivity contribution in [2.24, 2.45) is 5.73 Å². The molecule has 0 aliphatic carbocycles. The molecule has 12 heteroatoms. The molecule has 0 radical (unpaired) electrons. The smallest absolute Gasteiger partial charge is 0.408 e.